The van der Waals surface area contributed by atoms with E-state index in [0.29, 0.717) is 0 Å². The van der Waals surface area contributed by atoms with Gasteiger partial charge in [0.05, 0.1) is 16.6 Å². The summed E-state index contributed by atoms with van der Waals surface area (Å²) in [7, 11) is 0. The van der Waals surface area contributed by atoms with Crippen molar-refractivity contribution in [3.63, 3.8) is 0 Å². The van der Waals surface area contributed by atoms with Gasteiger partial charge in [-0.05, 0) is 83.1 Å². The lowest BCUT2D eigenvalue weighted by Crippen LogP contribution is -2.56. The Morgan fingerprint density at radius 3 is 1.64 bits per heavy atom. The molecule has 0 fully saturated rings. The third-order valence-corrected chi connectivity index (χ3v) is 12.2. The van der Waals surface area contributed by atoms with Crippen LogP contribution in [0.15, 0.2) is 188 Å². The molecule has 0 aliphatic carbocycles. The van der Waals surface area contributed by atoms with Crippen LogP contribution in [0.2, 0.25) is 0 Å². The van der Waals surface area contributed by atoms with E-state index < -0.39 is 0 Å². The summed E-state index contributed by atoms with van der Waals surface area (Å²) in [6.45, 7) is -0.0640. The van der Waals surface area contributed by atoms with E-state index in [-0.39, 0.29) is 6.85 Å². The molecule has 55 heavy (non-hydrogen) atoms. The van der Waals surface area contributed by atoms with Gasteiger partial charge in [0.15, 0.2) is 0 Å². The Hall–Kier alpha value is -7.24. The lowest BCUT2D eigenvalue weighted by atomic mass is 9.45. The molecule has 5 heterocycles. The average Bonchev–Trinajstić information content (AvgIpc) is 3.90. The number of hydrogen-bond donors (Lipinski definition) is 0. The number of para-hydroxylation sites is 6. The van der Waals surface area contributed by atoms with E-state index in [9.17, 15) is 0 Å². The number of hydrogen-bond acceptors (Lipinski definition) is 1. The molecule has 2 aliphatic rings. The molecule has 0 atom stereocenters. The first-order chi connectivity index (χ1) is 27.4. The van der Waals surface area contributed by atoms with Crippen LogP contribution in [-0.4, -0.2) is 20.5 Å². The van der Waals surface area contributed by atoms with Crippen LogP contribution in [0.5, 0.6) is 0 Å². The summed E-state index contributed by atoms with van der Waals surface area (Å²) in [6, 6.07) is 69.2. The summed E-state index contributed by atoms with van der Waals surface area (Å²) >= 11 is 0. The van der Waals surface area contributed by atoms with E-state index in [1.54, 1.807) is 0 Å². The third-order valence-electron chi connectivity index (χ3n) is 12.2. The maximum absolute atomic E-state index is 2.70. The largest absolute Gasteiger partial charge is 0.375 e. The second-order valence-electron chi connectivity index (χ2n) is 14.9. The lowest BCUT2D eigenvalue weighted by molar-refractivity contribution is 1.07. The molecule has 5 heteroatoms. The minimum atomic E-state index is -0.0640. The Bertz CT molecular complexity index is 3370. The molecule has 11 aromatic rings. The summed E-state index contributed by atoms with van der Waals surface area (Å²) in [5.41, 5.74) is 16.1. The Kier molecular flexibility index (Phi) is 5.68. The standard InChI is InChI=1S/C50H31BN4/c1-4-16-32(17-5-1)52-40-27-12-10-22-37(40)45-42(52)30-31-43-46(45)39-26-14-25-36-35-24-15-29-44-47(35)51(55(43)49(36)39)48-38-23-11-13-28-41(38)53(33-18-6-2-7-19-33)50(48)54(44)34-20-8-3-9-21-34/h1-31H. The monoisotopic (exact) mass is 698 g/mol. The van der Waals surface area contributed by atoms with Crippen molar-refractivity contribution >= 4 is 89.5 Å². The second-order valence-corrected chi connectivity index (χ2v) is 14.9. The van der Waals surface area contributed by atoms with Crippen LogP contribution in [-0.2, 0) is 0 Å². The zero-order valence-corrected chi connectivity index (χ0v) is 29.8. The number of nitrogens with zero attached hydrogens (tertiary/aromatic N) is 4. The van der Waals surface area contributed by atoms with E-state index >= 15 is 0 Å². The number of fused-ring (bicyclic) bond motifs is 13. The summed E-state index contributed by atoms with van der Waals surface area (Å²) in [4.78, 5) is 2.51. The van der Waals surface area contributed by atoms with Crippen LogP contribution < -0.4 is 15.8 Å². The molecular weight excluding hydrogens is 667 g/mol. The molecule has 3 aromatic heterocycles. The van der Waals surface area contributed by atoms with Gasteiger partial charge < -0.3 is 9.05 Å². The first-order valence-corrected chi connectivity index (χ1v) is 19.1. The molecule has 0 amide bonds. The summed E-state index contributed by atoms with van der Waals surface area (Å²) in [6.07, 6.45) is 0. The summed E-state index contributed by atoms with van der Waals surface area (Å²) in [5, 5.41) is 6.45. The molecule has 0 radical (unpaired) electrons. The van der Waals surface area contributed by atoms with Crippen LogP contribution >= 0.6 is 0 Å². The zero-order valence-electron chi connectivity index (χ0n) is 29.8. The smallest absolute Gasteiger partial charge is 0.335 e. The van der Waals surface area contributed by atoms with Gasteiger partial charge in [-0.3, -0.25) is 9.47 Å². The van der Waals surface area contributed by atoms with Gasteiger partial charge in [0, 0.05) is 66.4 Å². The minimum Gasteiger partial charge on any atom is -0.375 e. The fourth-order valence-electron chi connectivity index (χ4n) is 10.2. The number of anilines is 3. The van der Waals surface area contributed by atoms with E-state index in [1.165, 1.54) is 93.8 Å². The molecule has 8 aromatic carbocycles. The van der Waals surface area contributed by atoms with E-state index in [1.807, 2.05) is 0 Å². The van der Waals surface area contributed by atoms with Crippen LogP contribution in [0.25, 0.3) is 77.0 Å². The number of aromatic nitrogens is 3. The van der Waals surface area contributed by atoms with E-state index in [2.05, 4.69) is 207 Å². The molecule has 0 N–H and O–H groups in total. The SMILES string of the molecule is c1ccc(N2c3cccc4c3B(c3c2n(-c2ccccc2)c2ccccc32)n2c3ccc5c(c6ccccc6n5-c5ccccc5)c3c3cccc-4c32)cc1. The Balaban J connectivity index is 1.23. The summed E-state index contributed by atoms with van der Waals surface area (Å²) in [5.74, 6) is 1.18. The third kappa shape index (κ3) is 3.67. The average molecular weight is 699 g/mol. The minimum absolute atomic E-state index is 0.0640. The van der Waals surface area contributed by atoms with Crippen molar-refractivity contribution in [1.82, 2.24) is 13.6 Å². The molecule has 13 rings (SSSR count). The maximum atomic E-state index is 2.70. The quantitative estimate of drug-likeness (QED) is 0.168. The topological polar surface area (TPSA) is 18.0 Å². The molecule has 2 aliphatic heterocycles. The highest BCUT2D eigenvalue weighted by molar-refractivity contribution is 6.91. The van der Waals surface area contributed by atoms with Crippen LogP contribution in [0.1, 0.15) is 0 Å². The van der Waals surface area contributed by atoms with Gasteiger partial charge in [0.1, 0.15) is 5.82 Å². The van der Waals surface area contributed by atoms with Crippen molar-refractivity contribution in [3.8, 4) is 22.5 Å². The molecule has 254 valence electrons. The maximum Gasteiger partial charge on any atom is 0.335 e. The second kappa shape index (κ2) is 10.7. The molecule has 0 saturated carbocycles. The van der Waals surface area contributed by atoms with Crippen molar-refractivity contribution in [3.05, 3.63) is 188 Å². The summed E-state index contributed by atoms with van der Waals surface area (Å²) < 4.78 is 7.62. The molecule has 0 spiro atoms. The van der Waals surface area contributed by atoms with Crippen molar-refractivity contribution in [2.24, 2.45) is 0 Å². The van der Waals surface area contributed by atoms with Crippen molar-refractivity contribution in [1.29, 1.82) is 0 Å². The zero-order chi connectivity index (χ0) is 35.8. The van der Waals surface area contributed by atoms with Crippen molar-refractivity contribution in [2.45, 2.75) is 0 Å². The number of benzene rings is 8. The van der Waals surface area contributed by atoms with Gasteiger partial charge in [-0.1, -0.05) is 121 Å². The van der Waals surface area contributed by atoms with Crippen LogP contribution in [0.4, 0.5) is 17.2 Å². The predicted octanol–water partition coefficient (Wildman–Crippen LogP) is 11.3. The fraction of sp³-hybridized carbons (Fsp3) is 0. The molecule has 4 nitrogen and oxygen atoms in total. The van der Waals surface area contributed by atoms with Crippen LogP contribution in [0.3, 0.4) is 0 Å². The Morgan fingerprint density at radius 1 is 0.345 bits per heavy atom. The van der Waals surface area contributed by atoms with Gasteiger partial charge >= 0.3 is 6.85 Å². The fourth-order valence-corrected chi connectivity index (χ4v) is 10.2. The lowest BCUT2D eigenvalue weighted by Gasteiger charge is -2.39. The molecular formula is C50H31BN4. The van der Waals surface area contributed by atoms with E-state index in [4.69, 9.17) is 0 Å². The first-order valence-electron chi connectivity index (χ1n) is 19.1. The first kappa shape index (κ1) is 29.2. The highest BCUT2D eigenvalue weighted by Crippen LogP contribution is 2.49. The van der Waals surface area contributed by atoms with Gasteiger partial charge in [0.25, 0.3) is 0 Å². The van der Waals surface area contributed by atoms with Gasteiger partial charge in [-0.2, -0.15) is 0 Å². The van der Waals surface area contributed by atoms with Crippen LogP contribution in [0, 0.1) is 0 Å². The van der Waals surface area contributed by atoms with Gasteiger partial charge in [-0.25, -0.2) is 0 Å². The van der Waals surface area contributed by atoms with E-state index in [0.717, 1.165) is 11.4 Å². The van der Waals surface area contributed by atoms with Gasteiger partial charge in [-0.15, -0.1) is 0 Å². The highest BCUT2D eigenvalue weighted by Gasteiger charge is 2.46. The predicted molar refractivity (Wildman–Crippen MR) is 231 cm³/mol. The molecule has 0 bridgehead atoms. The Labute approximate surface area is 317 Å². The molecule has 0 unspecified atom stereocenters. The molecule has 0 saturated heterocycles. The van der Waals surface area contributed by atoms with Crippen molar-refractivity contribution < 1.29 is 0 Å². The highest BCUT2D eigenvalue weighted by atomic mass is 15.3. The number of rotatable bonds is 3. The van der Waals surface area contributed by atoms with Gasteiger partial charge in [0.2, 0.25) is 0 Å². The normalized spacial score (nSPS) is 13.0. The van der Waals surface area contributed by atoms with Crippen molar-refractivity contribution in [2.75, 3.05) is 4.90 Å². The Morgan fingerprint density at radius 2 is 0.891 bits per heavy atom.